The average Bonchev–Trinajstić information content (AvgIpc) is 2.36. The molecule has 21 heavy (non-hydrogen) atoms. The van der Waals surface area contributed by atoms with Crippen LogP contribution in [-0.2, 0) is 14.3 Å². The summed E-state index contributed by atoms with van der Waals surface area (Å²) in [5, 5.41) is 0. The molecule has 0 saturated carbocycles. The lowest BCUT2D eigenvalue weighted by Crippen LogP contribution is -2.49. The first kappa shape index (κ1) is 17.7. The van der Waals surface area contributed by atoms with Gasteiger partial charge in [-0.1, -0.05) is 13.3 Å². The van der Waals surface area contributed by atoms with Gasteiger partial charge in [-0.3, -0.25) is 9.59 Å². The number of likely N-dealkylation sites (tertiary alicyclic amines) is 1. The zero-order chi connectivity index (χ0) is 16.2. The SMILES string of the molecule is CCC1CCN(C(=O)OC(C)(C)C)C(CC(=O)C(C)=O)C1. The van der Waals surface area contributed by atoms with Gasteiger partial charge in [0.1, 0.15) is 5.60 Å². The molecule has 0 bridgehead atoms. The highest BCUT2D eigenvalue weighted by Gasteiger charge is 2.35. The van der Waals surface area contributed by atoms with Crippen LogP contribution in [0.25, 0.3) is 0 Å². The van der Waals surface area contributed by atoms with E-state index < -0.39 is 23.3 Å². The minimum Gasteiger partial charge on any atom is -0.444 e. The summed E-state index contributed by atoms with van der Waals surface area (Å²) in [5.74, 6) is -0.364. The summed E-state index contributed by atoms with van der Waals surface area (Å²) in [5.41, 5.74) is -0.562. The molecule has 0 aromatic heterocycles. The second-order valence-electron chi connectivity index (χ2n) is 6.81. The molecule has 0 aromatic carbocycles. The van der Waals surface area contributed by atoms with Crippen LogP contribution in [0.1, 0.15) is 60.3 Å². The maximum Gasteiger partial charge on any atom is 0.410 e. The number of carbonyl (C=O) groups is 3. The summed E-state index contributed by atoms with van der Waals surface area (Å²) in [6.45, 7) is 9.43. The standard InChI is InChI=1S/C16H27NO4/c1-6-12-7-8-17(15(20)21-16(3,4)5)13(9-12)10-14(19)11(2)18/h12-13H,6-10H2,1-5H3. The molecule has 120 valence electrons. The van der Waals surface area contributed by atoms with Crippen molar-refractivity contribution in [2.45, 2.75) is 71.9 Å². The van der Waals surface area contributed by atoms with Gasteiger partial charge in [0.25, 0.3) is 0 Å². The fraction of sp³-hybridized carbons (Fsp3) is 0.812. The molecule has 1 rings (SSSR count). The molecule has 2 unspecified atom stereocenters. The number of carbonyl (C=O) groups excluding carboxylic acids is 3. The number of amides is 1. The smallest absolute Gasteiger partial charge is 0.410 e. The third-order valence-corrected chi connectivity index (χ3v) is 3.84. The predicted molar refractivity (Wildman–Crippen MR) is 80.0 cm³/mol. The zero-order valence-corrected chi connectivity index (χ0v) is 13.8. The Hall–Kier alpha value is -1.39. The molecule has 2 atom stereocenters. The summed E-state index contributed by atoms with van der Waals surface area (Å²) in [6.07, 6.45) is 2.41. The van der Waals surface area contributed by atoms with E-state index >= 15 is 0 Å². The molecule has 1 aliphatic heterocycles. The Balaban J connectivity index is 2.80. The summed E-state index contributed by atoms with van der Waals surface area (Å²) in [6, 6.07) is -0.227. The largest absolute Gasteiger partial charge is 0.444 e. The number of hydrogen-bond donors (Lipinski definition) is 0. The molecule has 0 aromatic rings. The van der Waals surface area contributed by atoms with Crippen molar-refractivity contribution < 1.29 is 19.1 Å². The van der Waals surface area contributed by atoms with E-state index in [0.29, 0.717) is 12.5 Å². The molecule has 1 aliphatic rings. The number of ether oxygens (including phenoxy) is 1. The van der Waals surface area contributed by atoms with Gasteiger partial charge in [0.05, 0.1) is 0 Å². The molecule has 1 saturated heterocycles. The minimum atomic E-state index is -0.562. The average molecular weight is 297 g/mol. The highest BCUT2D eigenvalue weighted by atomic mass is 16.6. The van der Waals surface area contributed by atoms with Crippen LogP contribution in [0.5, 0.6) is 0 Å². The van der Waals surface area contributed by atoms with Crippen molar-refractivity contribution in [3.05, 3.63) is 0 Å². The molecule has 1 heterocycles. The van der Waals surface area contributed by atoms with Gasteiger partial charge >= 0.3 is 6.09 Å². The number of rotatable bonds is 4. The van der Waals surface area contributed by atoms with E-state index in [2.05, 4.69) is 6.92 Å². The third kappa shape index (κ3) is 5.48. The van der Waals surface area contributed by atoms with Gasteiger partial charge in [0.2, 0.25) is 0 Å². The Labute approximate surface area is 127 Å². The summed E-state index contributed by atoms with van der Waals surface area (Å²) < 4.78 is 5.41. The highest BCUT2D eigenvalue weighted by molar-refractivity contribution is 6.36. The predicted octanol–water partition coefficient (Wildman–Crippen LogP) is 2.96. The van der Waals surface area contributed by atoms with Gasteiger partial charge in [-0.2, -0.15) is 0 Å². The van der Waals surface area contributed by atoms with Crippen LogP contribution < -0.4 is 0 Å². The summed E-state index contributed by atoms with van der Waals surface area (Å²) in [4.78, 5) is 36.8. The number of nitrogens with zero attached hydrogens (tertiary/aromatic N) is 1. The van der Waals surface area contributed by atoms with Crippen LogP contribution in [0.4, 0.5) is 4.79 Å². The van der Waals surface area contributed by atoms with E-state index in [1.165, 1.54) is 6.92 Å². The van der Waals surface area contributed by atoms with Gasteiger partial charge in [-0.05, 0) is 39.5 Å². The Morgan fingerprint density at radius 3 is 2.33 bits per heavy atom. The number of ketones is 2. The highest BCUT2D eigenvalue weighted by Crippen LogP contribution is 2.28. The fourth-order valence-corrected chi connectivity index (χ4v) is 2.62. The lowest BCUT2D eigenvalue weighted by atomic mass is 9.86. The topological polar surface area (TPSA) is 63.7 Å². The summed E-state index contributed by atoms with van der Waals surface area (Å²) in [7, 11) is 0. The Morgan fingerprint density at radius 2 is 1.86 bits per heavy atom. The fourth-order valence-electron chi connectivity index (χ4n) is 2.62. The normalized spacial score (nSPS) is 22.8. The Bertz CT molecular complexity index is 411. The molecular weight excluding hydrogens is 270 g/mol. The first-order valence-electron chi connectivity index (χ1n) is 7.67. The van der Waals surface area contributed by atoms with E-state index in [1.54, 1.807) is 4.90 Å². The van der Waals surface area contributed by atoms with E-state index in [9.17, 15) is 14.4 Å². The molecule has 0 spiro atoms. The van der Waals surface area contributed by atoms with Crippen molar-refractivity contribution in [1.82, 2.24) is 4.90 Å². The lowest BCUT2D eigenvalue weighted by Gasteiger charge is -2.39. The van der Waals surface area contributed by atoms with Crippen LogP contribution in [0.3, 0.4) is 0 Å². The Morgan fingerprint density at radius 1 is 1.24 bits per heavy atom. The van der Waals surface area contributed by atoms with Crippen molar-refractivity contribution in [2.24, 2.45) is 5.92 Å². The van der Waals surface area contributed by atoms with Crippen molar-refractivity contribution in [3.63, 3.8) is 0 Å². The maximum absolute atomic E-state index is 12.3. The van der Waals surface area contributed by atoms with Crippen molar-refractivity contribution >= 4 is 17.7 Å². The van der Waals surface area contributed by atoms with Crippen LogP contribution in [0.2, 0.25) is 0 Å². The van der Waals surface area contributed by atoms with Crippen LogP contribution in [-0.4, -0.2) is 40.7 Å². The number of hydrogen-bond acceptors (Lipinski definition) is 4. The minimum absolute atomic E-state index is 0.102. The van der Waals surface area contributed by atoms with E-state index in [4.69, 9.17) is 4.74 Å². The first-order valence-corrected chi connectivity index (χ1v) is 7.67. The molecular formula is C16H27NO4. The molecule has 0 N–H and O–H groups in total. The number of Topliss-reactive ketones (excluding diaryl/α,β-unsaturated/α-hetero) is 2. The second kappa shape index (κ2) is 7.05. The van der Waals surface area contributed by atoms with Crippen molar-refractivity contribution in [3.8, 4) is 0 Å². The third-order valence-electron chi connectivity index (χ3n) is 3.84. The van der Waals surface area contributed by atoms with Crippen molar-refractivity contribution in [2.75, 3.05) is 6.54 Å². The lowest BCUT2D eigenvalue weighted by molar-refractivity contribution is -0.136. The van der Waals surface area contributed by atoms with E-state index in [1.807, 2.05) is 20.8 Å². The Kier molecular flexibility index (Phi) is 5.93. The van der Waals surface area contributed by atoms with E-state index in [0.717, 1.165) is 19.3 Å². The van der Waals surface area contributed by atoms with Gasteiger partial charge in [0.15, 0.2) is 11.6 Å². The van der Waals surface area contributed by atoms with Crippen molar-refractivity contribution in [1.29, 1.82) is 0 Å². The van der Waals surface area contributed by atoms with Crippen LogP contribution >= 0.6 is 0 Å². The summed E-state index contributed by atoms with van der Waals surface area (Å²) >= 11 is 0. The van der Waals surface area contributed by atoms with Gasteiger partial charge < -0.3 is 9.64 Å². The second-order valence-corrected chi connectivity index (χ2v) is 6.81. The zero-order valence-electron chi connectivity index (χ0n) is 13.8. The molecule has 0 radical (unpaired) electrons. The number of piperidine rings is 1. The quantitative estimate of drug-likeness (QED) is 0.748. The molecule has 5 heteroatoms. The van der Waals surface area contributed by atoms with Gasteiger partial charge in [0, 0.05) is 25.9 Å². The first-order chi connectivity index (χ1) is 9.64. The molecule has 1 fully saturated rings. The maximum atomic E-state index is 12.3. The van der Waals surface area contributed by atoms with Crippen LogP contribution in [0, 0.1) is 5.92 Å². The van der Waals surface area contributed by atoms with Gasteiger partial charge in [-0.25, -0.2) is 4.79 Å². The molecule has 1 amide bonds. The van der Waals surface area contributed by atoms with E-state index in [-0.39, 0.29) is 12.5 Å². The van der Waals surface area contributed by atoms with Gasteiger partial charge in [-0.15, -0.1) is 0 Å². The molecule has 5 nitrogen and oxygen atoms in total. The monoisotopic (exact) mass is 297 g/mol. The van der Waals surface area contributed by atoms with Crippen LogP contribution in [0.15, 0.2) is 0 Å². The molecule has 0 aliphatic carbocycles.